The van der Waals surface area contributed by atoms with E-state index < -0.39 is 12.1 Å². The molecule has 1 aromatic carbocycles. The summed E-state index contributed by atoms with van der Waals surface area (Å²) in [5.74, 6) is -0.857. The Morgan fingerprint density at radius 3 is 2.56 bits per heavy atom. The van der Waals surface area contributed by atoms with Crippen molar-refractivity contribution in [2.24, 2.45) is 5.41 Å². The molecule has 0 aliphatic heterocycles. The van der Waals surface area contributed by atoms with Crippen LogP contribution in [-0.4, -0.2) is 59.5 Å². The molecule has 0 fully saturated rings. The molecule has 0 aliphatic rings. The number of methoxy groups -OCH3 is 1. The highest BCUT2D eigenvalue weighted by Gasteiger charge is 2.22. The summed E-state index contributed by atoms with van der Waals surface area (Å²) in [6.45, 7) is 6.48. The van der Waals surface area contributed by atoms with Gasteiger partial charge < -0.3 is 24.5 Å². The number of H-pyrrole nitrogens is 1. The molecule has 0 unspecified atom stereocenters. The van der Waals surface area contributed by atoms with Crippen molar-refractivity contribution >= 4 is 28.7 Å². The number of nitrogens with zero attached hydrogens (tertiary/aromatic N) is 2. The lowest BCUT2D eigenvalue weighted by Gasteiger charge is -2.18. The molecular formula is C31H39FN4O5. The van der Waals surface area contributed by atoms with Gasteiger partial charge in [0.2, 0.25) is 5.91 Å². The van der Waals surface area contributed by atoms with Crippen LogP contribution < -0.4 is 10.9 Å². The second-order valence-electron chi connectivity index (χ2n) is 11.6. The Morgan fingerprint density at radius 2 is 1.90 bits per heavy atom. The fraction of sp³-hybridized carbons (Fsp3) is 0.419. The number of aromatic amines is 1. The molecule has 2 amide bonds. The average molecular weight is 567 g/mol. The molecule has 3 rings (SSSR count). The zero-order valence-electron chi connectivity index (χ0n) is 24.5. The lowest BCUT2D eigenvalue weighted by Crippen LogP contribution is -2.42. The maximum Gasteiger partial charge on any atom is 0.407 e. The fourth-order valence-electron chi connectivity index (χ4n) is 4.58. The third kappa shape index (κ3) is 8.89. The monoisotopic (exact) mass is 566 g/mol. The first-order chi connectivity index (χ1) is 19.3. The number of fused-ring (bicyclic) bond motifs is 1. The Hall–Kier alpha value is -4.21. The Bertz CT molecular complexity index is 1500. The first-order valence-electron chi connectivity index (χ1n) is 13.5. The van der Waals surface area contributed by atoms with Crippen molar-refractivity contribution < 1.29 is 23.5 Å². The molecule has 0 bridgehead atoms. The van der Waals surface area contributed by atoms with Gasteiger partial charge in [0.05, 0.1) is 19.7 Å². The third-order valence-corrected chi connectivity index (χ3v) is 6.55. The SMILES string of the molecule is COC(=O)N[C@@H](CC/C=C/C(=O)N(C)C)C(=O)Cc1cccn(Cc2cc3cc(F)cc(CC(C)(C)C)c3[nH]2)c1=O. The average Bonchev–Trinajstić information content (AvgIpc) is 3.29. The van der Waals surface area contributed by atoms with E-state index >= 15 is 0 Å². The number of rotatable bonds is 11. The van der Waals surface area contributed by atoms with E-state index in [9.17, 15) is 23.6 Å². The second kappa shape index (κ2) is 13.4. The summed E-state index contributed by atoms with van der Waals surface area (Å²) < 4.78 is 20.5. The van der Waals surface area contributed by atoms with Gasteiger partial charge in [0.1, 0.15) is 5.82 Å². The number of allylic oxidation sites excluding steroid dienone is 1. The van der Waals surface area contributed by atoms with Crippen LogP contribution in [-0.2, 0) is 33.7 Å². The summed E-state index contributed by atoms with van der Waals surface area (Å²) in [4.78, 5) is 54.9. The van der Waals surface area contributed by atoms with Crippen LogP contribution in [0.5, 0.6) is 0 Å². The van der Waals surface area contributed by atoms with Gasteiger partial charge in [-0.25, -0.2) is 9.18 Å². The fourth-order valence-corrected chi connectivity index (χ4v) is 4.58. The Morgan fingerprint density at radius 1 is 1.17 bits per heavy atom. The second-order valence-corrected chi connectivity index (χ2v) is 11.6. The van der Waals surface area contributed by atoms with Crippen LogP contribution in [0.1, 0.15) is 50.4 Å². The number of carbonyl (C=O) groups excluding carboxylic acids is 3. The number of pyridine rings is 1. The first-order valence-corrected chi connectivity index (χ1v) is 13.5. The Labute approximate surface area is 239 Å². The molecule has 220 valence electrons. The highest BCUT2D eigenvalue weighted by Crippen LogP contribution is 2.28. The normalized spacial score (nSPS) is 12.5. The quantitative estimate of drug-likeness (QED) is 0.335. The summed E-state index contributed by atoms with van der Waals surface area (Å²) >= 11 is 0. The number of amides is 2. The van der Waals surface area contributed by atoms with Crippen LogP contribution in [0.2, 0.25) is 0 Å². The highest BCUT2D eigenvalue weighted by molar-refractivity contribution is 5.89. The van der Waals surface area contributed by atoms with Crippen LogP contribution in [0, 0.1) is 11.2 Å². The number of carbonyl (C=O) groups is 3. The smallest absolute Gasteiger partial charge is 0.407 e. The molecular weight excluding hydrogens is 527 g/mol. The van der Waals surface area contributed by atoms with E-state index in [1.165, 1.54) is 28.7 Å². The maximum atomic E-state index is 14.3. The van der Waals surface area contributed by atoms with E-state index in [0.29, 0.717) is 12.8 Å². The number of alkyl carbamates (subject to hydrolysis) is 1. The van der Waals surface area contributed by atoms with Gasteiger partial charge in [-0.3, -0.25) is 14.4 Å². The number of ketones is 1. The van der Waals surface area contributed by atoms with Gasteiger partial charge in [0.25, 0.3) is 5.56 Å². The number of nitrogens with one attached hydrogen (secondary N) is 2. The largest absolute Gasteiger partial charge is 0.453 e. The molecule has 2 N–H and O–H groups in total. The van der Waals surface area contributed by atoms with Crippen molar-refractivity contribution in [3.8, 4) is 0 Å². The van der Waals surface area contributed by atoms with Crippen LogP contribution in [0.25, 0.3) is 10.9 Å². The molecule has 10 heteroatoms. The van der Waals surface area contributed by atoms with Crippen molar-refractivity contribution in [3.05, 3.63) is 81.7 Å². The van der Waals surface area contributed by atoms with Gasteiger partial charge in [-0.1, -0.05) is 32.9 Å². The van der Waals surface area contributed by atoms with E-state index in [0.717, 1.165) is 22.2 Å². The minimum Gasteiger partial charge on any atom is -0.453 e. The van der Waals surface area contributed by atoms with Crippen molar-refractivity contribution in [1.29, 1.82) is 0 Å². The first kappa shape index (κ1) is 31.3. The van der Waals surface area contributed by atoms with Gasteiger partial charge in [-0.2, -0.15) is 0 Å². The molecule has 3 aromatic rings. The number of ether oxygens (including phenoxy) is 1. The van der Waals surface area contributed by atoms with E-state index in [2.05, 4.69) is 35.8 Å². The van der Waals surface area contributed by atoms with Gasteiger partial charge >= 0.3 is 6.09 Å². The number of aromatic nitrogens is 2. The van der Waals surface area contributed by atoms with Crippen LogP contribution in [0.4, 0.5) is 9.18 Å². The van der Waals surface area contributed by atoms with Gasteiger partial charge in [-0.15, -0.1) is 0 Å². The number of likely N-dealkylation sites (N-methyl/N-ethyl adjacent to an activating group) is 1. The number of hydrogen-bond donors (Lipinski definition) is 2. The van der Waals surface area contributed by atoms with Gasteiger partial charge in [0.15, 0.2) is 5.78 Å². The van der Waals surface area contributed by atoms with E-state index in [1.54, 1.807) is 44.6 Å². The lowest BCUT2D eigenvalue weighted by molar-refractivity contribution is -0.123. The molecule has 0 aliphatic carbocycles. The minimum absolute atomic E-state index is 0.0374. The number of benzene rings is 1. The number of hydrogen-bond acceptors (Lipinski definition) is 5. The molecule has 1 atom stereocenters. The van der Waals surface area contributed by atoms with Gasteiger partial charge in [-0.05, 0) is 60.6 Å². The zero-order chi connectivity index (χ0) is 30.3. The topological polar surface area (TPSA) is 114 Å². The van der Waals surface area contributed by atoms with Crippen molar-refractivity contribution in [3.63, 3.8) is 0 Å². The minimum atomic E-state index is -0.903. The van der Waals surface area contributed by atoms with Crippen LogP contribution >= 0.6 is 0 Å². The molecule has 41 heavy (non-hydrogen) atoms. The predicted molar refractivity (Wildman–Crippen MR) is 156 cm³/mol. The molecule has 0 saturated heterocycles. The summed E-state index contributed by atoms with van der Waals surface area (Å²) in [6.07, 6.45) is 4.99. The van der Waals surface area contributed by atoms with E-state index in [-0.39, 0.29) is 53.4 Å². The van der Waals surface area contributed by atoms with E-state index in [1.807, 2.05) is 6.07 Å². The summed E-state index contributed by atoms with van der Waals surface area (Å²) in [5.41, 5.74) is 2.35. The third-order valence-electron chi connectivity index (χ3n) is 6.55. The number of halogens is 1. The molecule has 2 aromatic heterocycles. The lowest BCUT2D eigenvalue weighted by atomic mass is 9.87. The molecule has 0 spiro atoms. The van der Waals surface area contributed by atoms with Crippen LogP contribution in [0.3, 0.4) is 0 Å². The molecule has 2 heterocycles. The summed E-state index contributed by atoms with van der Waals surface area (Å²) in [6, 6.07) is 7.22. The maximum absolute atomic E-state index is 14.3. The molecule has 0 saturated carbocycles. The van der Waals surface area contributed by atoms with Gasteiger partial charge in [0, 0.05) is 48.9 Å². The Kier molecular flexibility index (Phi) is 10.3. The Balaban J connectivity index is 1.79. The summed E-state index contributed by atoms with van der Waals surface area (Å²) in [7, 11) is 4.46. The molecule has 0 radical (unpaired) electrons. The highest BCUT2D eigenvalue weighted by atomic mass is 19.1. The van der Waals surface area contributed by atoms with Crippen molar-refractivity contribution in [2.45, 2.75) is 59.0 Å². The summed E-state index contributed by atoms with van der Waals surface area (Å²) in [5, 5.41) is 3.26. The van der Waals surface area contributed by atoms with E-state index in [4.69, 9.17) is 0 Å². The number of Topliss-reactive ketones (excluding diaryl/α,β-unsaturated/α-hetero) is 1. The van der Waals surface area contributed by atoms with Crippen molar-refractivity contribution in [1.82, 2.24) is 19.8 Å². The molecule has 9 nitrogen and oxygen atoms in total. The zero-order valence-corrected chi connectivity index (χ0v) is 24.5. The standard InChI is InChI=1S/C31H39FN4O5/c1-31(2,3)18-22-15-23(32)14-21-16-24(33-28(21)22)19-36-13-9-10-20(29(36)39)17-26(37)25(34-30(40)41-6)11-7-8-12-27(38)35(4)5/h8-10,12-16,25,33H,7,11,17-19H2,1-6H3,(H,34,40)/b12-8+/t25-/m0/s1. The predicted octanol–water partition coefficient (Wildman–Crippen LogP) is 4.37. The van der Waals surface area contributed by atoms with Crippen molar-refractivity contribution in [2.75, 3.05) is 21.2 Å². The van der Waals surface area contributed by atoms with Crippen LogP contribution in [0.15, 0.2) is 53.5 Å².